The van der Waals surface area contributed by atoms with Crippen molar-refractivity contribution in [3.05, 3.63) is 21.1 Å². The van der Waals surface area contributed by atoms with E-state index in [1.807, 2.05) is 0 Å². The molecule has 3 nitrogen and oxygen atoms in total. The molecule has 0 atom stereocenters. The van der Waals surface area contributed by atoms with Crippen molar-refractivity contribution < 1.29 is 9.18 Å². The molecule has 0 spiro atoms. The summed E-state index contributed by atoms with van der Waals surface area (Å²) in [5.41, 5.74) is 4.99. The highest BCUT2D eigenvalue weighted by Gasteiger charge is 2.17. The fraction of sp³-hybridized carbons (Fsp3) is 0.143. The molecular weight excluding hydrogens is 262 g/mol. The first kappa shape index (κ1) is 10.4. The van der Waals surface area contributed by atoms with Crippen molar-refractivity contribution in [2.24, 2.45) is 0 Å². The lowest BCUT2D eigenvalue weighted by Gasteiger charge is -2.05. The lowest BCUT2D eigenvalue weighted by Crippen LogP contribution is -2.04. The van der Waals surface area contributed by atoms with E-state index in [1.54, 1.807) is 0 Å². The molecule has 0 aliphatic heterocycles. The molecule has 13 heavy (non-hydrogen) atoms. The van der Waals surface area contributed by atoms with Gasteiger partial charge < -0.3 is 5.73 Å². The molecule has 2 N–H and O–H groups in total. The Morgan fingerprint density at radius 2 is 2.23 bits per heavy atom. The van der Waals surface area contributed by atoms with Crippen LogP contribution in [0.1, 0.15) is 17.4 Å². The molecule has 1 aromatic heterocycles. The SMILES string of the molecule is CC(=O)c1nc(Br)c(F)c(N)c1Cl. The van der Waals surface area contributed by atoms with Gasteiger partial charge in [0.2, 0.25) is 0 Å². The van der Waals surface area contributed by atoms with E-state index in [-0.39, 0.29) is 26.8 Å². The summed E-state index contributed by atoms with van der Waals surface area (Å²) in [6.45, 7) is 1.28. The van der Waals surface area contributed by atoms with E-state index in [9.17, 15) is 9.18 Å². The van der Waals surface area contributed by atoms with Crippen LogP contribution in [0.3, 0.4) is 0 Å². The smallest absolute Gasteiger partial charge is 0.180 e. The first-order valence-corrected chi connectivity index (χ1v) is 4.43. The quantitative estimate of drug-likeness (QED) is 0.628. The van der Waals surface area contributed by atoms with Crippen molar-refractivity contribution in [3.63, 3.8) is 0 Å². The lowest BCUT2D eigenvalue weighted by atomic mass is 10.2. The zero-order valence-corrected chi connectivity index (χ0v) is 8.91. The maximum Gasteiger partial charge on any atom is 0.180 e. The Bertz CT molecular complexity index is 383. The van der Waals surface area contributed by atoms with Gasteiger partial charge in [-0.3, -0.25) is 4.79 Å². The summed E-state index contributed by atoms with van der Waals surface area (Å²) in [6.07, 6.45) is 0. The van der Waals surface area contributed by atoms with Crippen LogP contribution in [0.5, 0.6) is 0 Å². The standard InChI is InChI=1S/C7H5BrClFN2O/c1-2(13)6-3(9)5(11)4(10)7(8)12-6/h1H3,(H2,11,12). The number of anilines is 1. The number of hydrogen-bond donors (Lipinski definition) is 1. The second-order valence-corrected chi connectivity index (χ2v) is 3.48. The number of carbonyl (C=O) groups excluding carboxylic acids is 1. The largest absolute Gasteiger partial charge is 0.395 e. The molecular formula is C7H5BrClFN2O. The van der Waals surface area contributed by atoms with Gasteiger partial charge in [-0.05, 0) is 15.9 Å². The van der Waals surface area contributed by atoms with Crippen molar-refractivity contribution in [1.82, 2.24) is 4.98 Å². The van der Waals surface area contributed by atoms with Crippen molar-refractivity contribution >= 4 is 39.0 Å². The van der Waals surface area contributed by atoms with Crippen molar-refractivity contribution in [2.75, 3.05) is 5.73 Å². The minimum Gasteiger partial charge on any atom is -0.395 e. The number of rotatable bonds is 1. The van der Waals surface area contributed by atoms with E-state index in [2.05, 4.69) is 20.9 Å². The van der Waals surface area contributed by atoms with Gasteiger partial charge in [-0.15, -0.1) is 0 Å². The minimum absolute atomic E-state index is 0.0348. The molecule has 0 unspecified atom stereocenters. The Kier molecular flexibility index (Phi) is 2.87. The van der Waals surface area contributed by atoms with Crippen molar-refractivity contribution in [1.29, 1.82) is 0 Å². The van der Waals surface area contributed by atoms with Crippen LogP contribution in [0.15, 0.2) is 4.60 Å². The van der Waals surface area contributed by atoms with Gasteiger partial charge in [0.1, 0.15) is 10.3 Å². The topological polar surface area (TPSA) is 56.0 Å². The van der Waals surface area contributed by atoms with Crippen LogP contribution in [0, 0.1) is 5.82 Å². The predicted molar refractivity (Wildman–Crippen MR) is 51.3 cm³/mol. The third-order valence-corrected chi connectivity index (χ3v) is 2.31. The molecule has 0 radical (unpaired) electrons. The van der Waals surface area contributed by atoms with Crippen LogP contribution in [0.25, 0.3) is 0 Å². The van der Waals surface area contributed by atoms with E-state index in [0.29, 0.717) is 0 Å². The Hall–Kier alpha value is -0.680. The lowest BCUT2D eigenvalue weighted by molar-refractivity contribution is 0.101. The fourth-order valence-electron chi connectivity index (χ4n) is 0.765. The maximum atomic E-state index is 13.0. The summed E-state index contributed by atoms with van der Waals surface area (Å²) in [7, 11) is 0. The van der Waals surface area contributed by atoms with Crippen molar-refractivity contribution in [2.45, 2.75) is 6.92 Å². The highest BCUT2D eigenvalue weighted by atomic mass is 79.9. The number of halogens is 3. The Morgan fingerprint density at radius 3 is 2.69 bits per heavy atom. The average molecular weight is 267 g/mol. The number of pyridine rings is 1. The second kappa shape index (κ2) is 3.59. The van der Waals surface area contributed by atoms with Crippen LogP contribution in [0.4, 0.5) is 10.1 Å². The third-order valence-electron chi connectivity index (χ3n) is 1.41. The van der Waals surface area contributed by atoms with Gasteiger partial charge in [0, 0.05) is 6.92 Å². The molecule has 0 aliphatic carbocycles. The molecule has 70 valence electrons. The van der Waals surface area contributed by atoms with Crippen molar-refractivity contribution in [3.8, 4) is 0 Å². The molecule has 0 bridgehead atoms. The van der Waals surface area contributed by atoms with Gasteiger partial charge in [0.25, 0.3) is 0 Å². The van der Waals surface area contributed by atoms with E-state index in [1.165, 1.54) is 6.92 Å². The Balaban J connectivity index is 3.50. The van der Waals surface area contributed by atoms with Gasteiger partial charge >= 0.3 is 0 Å². The normalized spacial score (nSPS) is 10.2. The zero-order chi connectivity index (χ0) is 10.2. The number of nitrogen functional groups attached to an aromatic ring is 1. The highest BCUT2D eigenvalue weighted by Crippen LogP contribution is 2.29. The van der Waals surface area contributed by atoms with Crippen LogP contribution in [-0.4, -0.2) is 10.8 Å². The number of Topliss-reactive ketones (excluding diaryl/α,β-unsaturated/α-hetero) is 1. The van der Waals surface area contributed by atoms with E-state index in [0.717, 1.165) is 0 Å². The maximum absolute atomic E-state index is 13.0. The summed E-state index contributed by atoms with van der Waals surface area (Å²) in [6, 6.07) is 0. The first-order valence-electron chi connectivity index (χ1n) is 3.26. The van der Waals surface area contributed by atoms with E-state index < -0.39 is 5.82 Å². The van der Waals surface area contributed by atoms with Crippen LogP contribution >= 0.6 is 27.5 Å². The molecule has 0 aromatic carbocycles. The summed E-state index contributed by atoms with van der Waals surface area (Å²) in [4.78, 5) is 14.5. The Labute approximate surface area is 87.2 Å². The molecule has 0 saturated carbocycles. The number of ketones is 1. The molecule has 0 saturated heterocycles. The van der Waals surface area contributed by atoms with Gasteiger partial charge in [-0.2, -0.15) is 0 Å². The number of nitrogens with zero attached hydrogens (tertiary/aromatic N) is 1. The molecule has 0 fully saturated rings. The monoisotopic (exact) mass is 266 g/mol. The summed E-state index contributed by atoms with van der Waals surface area (Å²) < 4.78 is 12.9. The molecule has 6 heteroatoms. The van der Waals surface area contributed by atoms with Gasteiger partial charge in [0.05, 0.1) is 10.7 Å². The van der Waals surface area contributed by atoms with E-state index >= 15 is 0 Å². The fourth-order valence-corrected chi connectivity index (χ4v) is 1.41. The highest BCUT2D eigenvalue weighted by molar-refractivity contribution is 9.10. The number of nitrogens with two attached hydrogens (primary N) is 1. The molecule has 0 aliphatic rings. The second-order valence-electron chi connectivity index (χ2n) is 2.35. The number of aromatic nitrogens is 1. The predicted octanol–water partition coefficient (Wildman–Crippen LogP) is 2.42. The average Bonchev–Trinajstić information content (AvgIpc) is 2.07. The zero-order valence-electron chi connectivity index (χ0n) is 6.57. The van der Waals surface area contributed by atoms with Crippen LogP contribution in [0.2, 0.25) is 5.02 Å². The van der Waals surface area contributed by atoms with Crippen LogP contribution < -0.4 is 5.73 Å². The molecule has 1 heterocycles. The van der Waals surface area contributed by atoms with Crippen LogP contribution in [-0.2, 0) is 0 Å². The number of hydrogen-bond acceptors (Lipinski definition) is 3. The van der Waals surface area contributed by atoms with E-state index in [4.69, 9.17) is 17.3 Å². The van der Waals surface area contributed by atoms with Gasteiger partial charge in [-0.1, -0.05) is 11.6 Å². The molecule has 1 aromatic rings. The third kappa shape index (κ3) is 1.81. The Morgan fingerprint density at radius 1 is 1.69 bits per heavy atom. The summed E-state index contributed by atoms with van der Waals surface area (Å²) in [5, 5.41) is -0.145. The summed E-state index contributed by atoms with van der Waals surface area (Å²) >= 11 is 8.42. The van der Waals surface area contributed by atoms with Gasteiger partial charge in [-0.25, -0.2) is 9.37 Å². The minimum atomic E-state index is -0.755. The molecule has 1 rings (SSSR count). The molecule has 0 amide bonds. The number of carbonyl (C=O) groups is 1. The van der Waals surface area contributed by atoms with Gasteiger partial charge in [0.15, 0.2) is 11.6 Å². The first-order chi connectivity index (χ1) is 5.95. The summed E-state index contributed by atoms with van der Waals surface area (Å²) in [5.74, 6) is -1.12.